The molecule has 0 aliphatic heterocycles. The summed E-state index contributed by atoms with van der Waals surface area (Å²) in [6, 6.07) is 7.25. The number of para-hydroxylation sites is 2. The van der Waals surface area contributed by atoms with E-state index in [-0.39, 0.29) is 12.5 Å². The molecule has 0 fully saturated rings. The third kappa shape index (κ3) is 2.77. The largest absolute Gasteiger partial charge is 0.493 e. The zero-order chi connectivity index (χ0) is 15.5. The van der Waals surface area contributed by atoms with Crippen molar-refractivity contribution >= 4 is 11.7 Å². The van der Waals surface area contributed by atoms with Gasteiger partial charge >= 0.3 is 0 Å². The number of methoxy groups -OCH3 is 1. The highest BCUT2D eigenvalue weighted by Gasteiger charge is 2.22. The predicted octanol–water partition coefficient (Wildman–Crippen LogP) is 1.93. The maximum Gasteiger partial charge on any atom is 0.263 e. The van der Waals surface area contributed by atoms with E-state index in [0.29, 0.717) is 11.5 Å². The smallest absolute Gasteiger partial charge is 0.263 e. The van der Waals surface area contributed by atoms with E-state index in [1.165, 1.54) is 0 Å². The molecule has 3 rings (SSSR count). The van der Waals surface area contributed by atoms with E-state index in [9.17, 15) is 4.79 Å². The van der Waals surface area contributed by atoms with Crippen LogP contribution in [0.1, 0.15) is 17.7 Å². The maximum absolute atomic E-state index is 12.1. The number of fused-ring (bicyclic) bond motifs is 1. The number of hydrogen-bond donors (Lipinski definition) is 1. The highest BCUT2D eigenvalue weighted by molar-refractivity contribution is 5.92. The fraction of sp³-hybridized carbons (Fsp3) is 0.375. The maximum atomic E-state index is 12.1. The molecule has 0 radical (unpaired) electrons. The monoisotopic (exact) mass is 301 g/mol. The molecule has 22 heavy (non-hydrogen) atoms. The SMILES string of the molecule is COc1ccccc1OCC(=O)Nc1c2c(nn1C)CCC2. The topological polar surface area (TPSA) is 65.4 Å². The summed E-state index contributed by atoms with van der Waals surface area (Å²) in [5.41, 5.74) is 2.23. The Morgan fingerprint density at radius 3 is 2.86 bits per heavy atom. The molecule has 2 aromatic rings. The van der Waals surface area contributed by atoms with Crippen molar-refractivity contribution in [2.75, 3.05) is 19.0 Å². The molecule has 0 atom stereocenters. The Hall–Kier alpha value is -2.50. The fourth-order valence-corrected chi connectivity index (χ4v) is 2.73. The van der Waals surface area contributed by atoms with Crippen LogP contribution in [-0.4, -0.2) is 29.4 Å². The molecule has 6 nitrogen and oxygen atoms in total. The van der Waals surface area contributed by atoms with Crippen LogP contribution in [0.25, 0.3) is 0 Å². The molecule has 1 aliphatic rings. The summed E-state index contributed by atoms with van der Waals surface area (Å²) in [6.45, 7) is -0.0691. The standard InChI is InChI=1S/C16H19N3O3/c1-19-16(11-6-5-7-12(11)18-19)17-15(20)10-22-14-9-4-3-8-13(14)21-2/h3-4,8-9H,5-7,10H2,1-2H3,(H,17,20). The van der Waals surface area contributed by atoms with Crippen molar-refractivity contribution < 1.29 is 14.3 Å². The molecule has 1 heterocycles. The lowest BCUT2D eigenvalue weighted by atomic mass is 10.2. The van der Waals surface area contributed by atoms with E-state index in [1.807, 2.05) is 19.2 Å². The second-order valence-electron chi connectivity index (χ2n) is 5.24. The van der Waals surface area contributed by atoms with E-state index in [4.69, 9.17) is 9.47 Å². The zero-order valence-electron chi connectivity index (χ0n) is 12.8. The van der Waals surface area contributed by atoms with E-state index in [2.05, 4.69) is 10.4 Å². The van der Waals surface area contributed by atoms with Gasteiger partial charge in [0.2, 0.25) is 0 Å². The molecule has 0 spiro atoms. The Labute approximate surface area is 129 Å². The van der Waals surface area contributed by atoms with E-state index in [1.54, 1.807) is 23.9 Å². The Morgan fingerprint density at radius 1 is 1.32 bits per heavy atom. The highest BCUT2D eigenvalue weighted by atomic mass is 16.5. The van der Waals surface area contributed by atoms with Crippen LogP contribution < -0.4 is 14.8 Å². The molecule has 1 amide bonds. The van der Waals surface area contributed by atoms with Crippen LogP contribution in [-0.2, 0) is 24.7 Å². The van der Waals surface area contributed by atoms with E-state index < -0.39 is 0 Å². The normalized spacial score (nSPS) is 12.8. The van der Waals surface area contributed by atoms with Crippen molar-refractivity contribution in [3.8, 4) is 11.5 Å². The molecular weight excluding hydrogens is 282 g/mol. The average Bonchev–Trinajstić information content (AvgIpc) is 3.08. The van der Waals surface area contributed by atoms with Gasteiger partial charge in [-0.05, 0) is 31.4 Å². The van der Waals surface area contributed by atoms with Crippen molar-refractivity contribution in [2.45, 2.75) is 19.3 Å². The number of amides is 1. The van der Waals surface area contributed by atoms with Gasteiger partial charge in [-0.1, -0.05) is 12.1 Å². The molecule has 0 bridgehead atoms. The summed E-state index contributed by atoms with van der Waals surface area (Å²) >= 11 is 0. The van der Waals surface area contributed by atoms with E-state index >= 15 is 0 Å². The zero-order valence-corrected chi connectivity index (χ0v) is 12.8. The predicted molar refractivity (Wildman–Crippen MR) is 82.4 cm³/mol. The van der Waals surface area contributed by atoms with Crippen LogP contribution in [0.5, 0.6) is 11.5 Å². The van der Waals surface area contributed by atoms with Gasteiger partial charge in [0.15, 0.2) is 18.1 Å². The second-order valence-corrected chi connectivity index (χ2v) is 5.24. The van der Waals surface area contributed by atoms with Gasteiger partial charge in [-0.15, -0.1) is 0 Å². The van der Waals surface area contributed by atoms with Gasteiger partial charge < -0.3 is 14.8 Å². The highest BCUT2D eigenvalue weighted by Crippen LogP contribution is 2.28. The van der Waals surface area contributed by atoms with Gasteiger partial charge in [0, 0.05) is 12.6 Å². The number of anilines is 1. The number of benzene rings is 1. The summed E-state index contributed by atoms with van der Waals surface area (Å²) in [4.78, 5) is 12.1. The van der Waals surface area contributed by atoms with Gasteiger partial charge in [-0.2, -0.15) is 5.10 Å². The number of ether oxygens (including phenoxy) is 2. The number of aryl methyl sites for hydroxylation is 2. The quantitative estimate of drug-likeness (QED) is 0.916. The molecule has 1 aliphatic carbocycles. The number of carbonyl (C=O) groups excluding carboxylic acids is 1. The summed E-state index contributed by atoms with van der Waals surface area (Å²) < 4.78 is 12.5. The molecule has 0 saturated heterocycles. The van der Waals surface area contributed by atoms with Gasteiger partial charge in [0.1, 0.15) is 5.82 Å². The molecule has 0 saturated carbocycles. The summed E-state index contributed by atoms with van der Waals surface area (Å²) in [7, 11) is 3.41. The third-order valence-electron chi connectivity index (χ3n) is 3.75. The molecule has 1 aromatic carbocycles. The minimum atomic E-state index is -0.205. The first-order valence-corrected chi connectivity index (χ1v) is 7.29. The second kappa shape index (κ2) is 6.09. The van der Waals surface area contributed by atoms with Crippen molar-refractivity contribution in [1.82, 2.24) is 9.78 Å². The van der Waals surface area contributed by atoms with Crippen molar-refractivity contribution in [2.24, 2.45) is 7.05 Å². The van der Waals surface area contributed by atoms with Crippen molar-refractivity contribution in [3.05, 3.63) is 35.5 Å². The van der Waals surface area contributed by atoms with Crippen molar-refractivity contribution in [3.63, 3.8) is 0 Å². The number of rotatable bonds is 5. The molecule has 1 N–H and O–H groups in total. The molecule has 0 unspecified atom stereocenters. The molecule has 6 heteroatoms. The lowest BCUT2D eigenvalue weighted by Gasteiger charge is -2.11. The fourth-order valence-electron chi connectivity index (χ4n) is 2.73. The number of hydrogen-bond acceptors (Lipinski definition) is 4. The first kappa shape index (κ1) is 14.4. The van der Waals surface area contributed by atoms with Crippen LogP contribution in [0.4, 0.5) is 5.82 Å². The van der Waals surface area contributed by atoms with Gasteiger partial charge in [0.25, 0.3) is 5.91 Å². The van der Waals surface area contributed by atoms with Crippen LogP contribution in [0.3, 0.4) is 0 Å². The number of carbonyl (C=O) groups is 1. The molecule has 116 valence electrons. The Morgan fingerprint density at radius 2 is 2.09 bits per heavy atom. The van der Waals surface area contributed by atoms with Crippen molar-refractivity contribution in [1.29, 1.82) is 0 Å². The van der Waals surface area contributed by atoms with Crippen LogP contribution in [0, 0.1) is 0 Å². The number of nitrogens with one attached hydrogen (secondary N) is 1. The van der Waals surface area contributed by atoms with E-state index in [0.717, 1.165) is 36.3 Å². The summed E-state index contributed by atoms with van der Waals surface area (Å²) in [5, 5.41) is 7.33. The molecular formula is C16H19N3O3. The first-order chi connectivity index (χ1) is 10.7. The lowest BCUT2D eigenvalue weighted by Crippen LogP contribution is -2.22. The minimum absolute atomic E-state index is 0.0691. The summed E-state index contributed by atoms with van der Waals surface area (Å²) in [6.07, 6.45) is 3.04. The average molecular weight is 301 g/mol. The van der Waals surface area contributed by atoms with Crippen LogP contribution in [0.15, 0.2) is 24.3 Å². The Bertz CT molecular complexity index is 694. The summed E-state index contributed by atoms with van der Waals surface area (Å²) in [5.74, 6) is 1.73. The van der Waals surface area contributed by atoms with Gasteiger partial charge in [-0.3, -0.25) is 9.48 Å². The first-order valence-electron chi connectivity index (χ1n) is 7.29. The Balaban J connectivity index is 1.64. The minimum Gasteiger partial charge on any atom is -0.493 e. The van der Waals surface area contributed by atoms with Gasteiger partial charge in [0.05, 0.1) is 12.8 Å². The number of aromatic nitrogens is 2. The Kier molecular flexibility index (Phi) is 4.00. The van der Waals surface area contributed by atoms with Crippen LogP contribution in [0.2, 0.25) is 0 Å². The third-order valence-corrected chi connectivity index (χ3v) is 3.75. The van der Waals surface area contributed by atoms with Crippen LogP contribution >= 0.6 is 0 Å². The number of nitrogens with zero attached hydrogens (tertiary/aromatic N) is 2. The van der Waals surface area contributed by atoms with Gasteiger partial charge in [-0.25, -0.2) is 0 Å². The molecule has 1 aromatic heterocycles. The lowest BCUT2D eigenvalue weighted by molar-refractivity contribution is -0.118.